The van der Waals surface area contributed by atoms with Crippen LogP contribution in [-0.4, -0.2) is 13.4 Å². The number of hydrogen-bond acceptors (Lipinski definition) is 1. The first kappa shape index (κ1) is 15.0. The van der Waals surface area contributed by atoms with Gasteiger partial charge in [0.2, 0.25) is 6.10 Å². The van der Waals surface area contributed by atoms with E-state index in [0.29, 0.717) is 6.10 Å². The van der Waals surface area contributed by atoms with Crippen molar-refractivity contribution >= 4 is 7.25 Å². The summed E-state index contributed by atoms with van der Waals surface area (Å²) < 4.78 is 45.2. The van der Waals surface area contributed by atoms with Crippen LogP contribution in [0, 0.1) is 29.3 Å². The second-order valence-electron chi connectivity index (χ2n) is 6.85. The molecule has 0 unspecified atom stereocenters. The van der Waals surface area contributed by atoms with Gasteiger partial charge in [0.25, 0.3) is 0 Å². The molecule has 1 heterocycles. The molecule has 0 spiro atoms. The van der Waals surface area contributed by atoms with Crippen LogP contribution < -0.4 is 0 Å². The maximum Gasteiger partial charge on any atom is 0.673 e. The Morgan fingerprint density at radius 3 is 2.00 bits per heavy atom. The highest BCUT2D eigenvalue weighted by atomic mass is 19.5. The van der Waals surface area contributed by atoms with Crippen molar-refractivity contribution in [1.29, 1.82) is 0 Å². The Kier molecular flexibility index (Phi) is 3.84. The Hall–Kier alpha value is -0.385. The van der Waals surface area contributed by atoms with Crippen molar-refractivity contribution in [1.82, 2.24) is 0 Å². The molecule has 4 atom stereocenters. The van der Waals surface area contributed by atoms with Crippen molar-refractivity contribution < 1.29 is 22.0 Å². The quantitative estimate of drug-likeness (QED) is 0.355. The maximum atomic E-state index is 9.75. The molecule has 0 N–H and O–H groups in total. The van der Waals surface area contributed by atoms with Crippen molar-refractivity contribution in [3.05, 3.63) is 6.10 Å². The smallest absolute Gasteiger partial charge is 0.418 e. The molecule has 3 aliphatic rings. The van der Waals surface area contributed by atoms with Gasteiger partial charge in [-0.15, -0.1) is 0 Å². The number of ether oxygens (including phenoxy) is 1. The average Bonchev–Trinajstić information content (AvgIpc) is 2.61. The first-order valence-electron chi connectivity index (χ1n) is 6.98. The summed E-state index contributed by atoms with van der Waals surface area (Å²) in [4.78, 5) is 0. The van der Waals surface area contributed by atoms with Crippen molar-refractivity contribution in [3.8, 4) is 0 Å². The first-order chi connectivity index (χ1) is 8.57. The van der Waals surface area contributed by atoms with Crippen LogP contribution in [0.4, 0.5) is 17.3 Å². The van der Waals surface area contributed by atoms with Crippen LogP contribution in [0.5, 0.6) is 0 Å². The highest BCUT2D eigenvalue weighted by Crippen LogP contribution is 2.60. The second-order valence-corrected chi connectivity index (χ2v) is 6.85. The molecule has 3 rings (SSSR count). The molecular weight excluding hydrogens is 259 g/mol. The summed E-state index contributed by atoms with van der Waals surface area (Å²) in [5.74, 6) is 2.72. The SMILES string of the molecule is CC(C)(C)[C+]1O[C@H]2CC[C@@H]3[C@H]2CC[C@H]13.F[B-](F)(F)F. The van der Waals surface area contributed by atoms with Crippen LogP contribution in [-0.2, 0) is 4.74 Å². The van der Waals surface area contributed by atoms with Gasteiger partial charge in [-0.25, -0.2) is 0 Å². The monoisotopic (exact) mass is 280 g/mol. The number of rotatable bonds is 0. The standard InChI is InChI=1S/C13H21O.BF4/c1-13(2,3)12-10-5-4-9-8(10)6-7-11(9)14-12;2-1(3,4)5/h8-11H,4-7H2,1-3H3;/q+1;-1/t8-,9-,10+,11+;/m1./s1. The maximum absolute atomic E-state index is 9.75. The predicted octanol–water partition coefficient (Wildman–Crippen LogP) is 4.70. The summed E-state index contributed by atoms with van der Waals surface area (Å²) in [7, 11) is -6.00. The molecule has 1 nitrogen and oxygen atoms in total. The largest absolute Gasteiger partial charge is 0.673 e. The van der Waals surface area contributed by atoms with Crippen molar-refractivity contribution in [2.45, 2.75) is 52.6 Å². The molecule has 110 valence electrons. The normalized spacial score (nSPS) is 37.1. The van der Waals surface area contributed by atoms with Crippen LogP contribution in [0.3, 0.4) is 0 Å². The van der Waals surface area contributed by atoms with E-state index in [-0.39, 0.29) is 5.41 Å². The fourth-order valence-corrected chi connectivity index (χ4v) is 4.00. The van der Waals surface area contributed by atoms with Crippen LogP contribution in [0.25, 0.3) is 0 Å². The van der Waals surface area contributed by atoms with E-state index in [0.717, 1.165) is 17.8 Å². The van der Waals surface area contributed by atoms with Gasteiger partial charge in [-0.1, -0.05) is 0 Å². The third-order valence-electron chi connectivity index (χ3n) is 4.49. The predicted molar refractivity (Wildman–Crippen MR) is 66.7 cm³/mol. The number of hydrogen-bond donors (Lipinski definition) is 0. The van der Waals surface area contributed by atoms with Gasteiger partial charge in [0, 0.05) is 5.92 Å². The summed E-state index contributed by atoms with van der Waals surface area (Å²) in [5.41, 5.74) is 0.265. The van der Waals surface area contributed by atoms with Gasteiger partial charge in [0.15, 0.2) is 0 Å². The molecule has 3 fully saturated rings. The summed E-state index contributed by atoms with van der Waals surface area (Å²) in [6.07, 6.45) is 7.61. The van der Waals surface area contributed by atoms with E-state index in [9.17, 15) is 17.3 Å². The molecule has 0 radical (unpaired) electrons. The van der Waals surface area contributed by atoms with Crippen molar-refractivity contribution in [2.75, 3.05) is 0 Å². The Morgan fingerprint density at radius 1 is 0.947 bits per heavy atom. The van der Waals surface area contributed by atoms with Gasteiger partial charge >= 0.3 is 7.25 Å². The first-order valence-corrected chi connectivity index (χ1v) is 6.98. The van der Waals surface area contributed by atoms with Crippen LogP contribution in [0.1, 0.15) is 46.5 Å². The van der Waals surface area contributed by atoms with Gasteiger partial charge in [0.1, 0.15) is 17.4 Å². The Bertz CT molecular complexity index is 320. The number of halogens is 4. The Morgan fingerprint density at radius 2 is 1.47 bits per heavy atom. The zero-order valence-corrected chi connectivity index (χ0v) is 11.6. The highest BCUT2D eigenvalue weighted by Gasteiger charge is 2.64. The van der Waals surface area contributed by atoms with Crippen LogP contribution in [0.2, 0.25) is 0 Å². The summed E-state index contributed by atoms with van der Waals surface area (Å²) >= 11 is 0. The van der Waals surface area contributed by atoms with Crippen molar-refractivity contribution in [2.24, 2.45) is 23.2 Å². The molecule has 1 saturated heterocycles. The molecule has 4 bridgehead atoms. The summed E-state index contributed by atoms with van der Waals surface area (Å²) in [6.45, 7) is 6.92. The fraction of sp³-hybridized carbons (Fsp3) is 0.923. The van der Waals surface area contributed by atoms with Gasteiger partial charge in [-0.2, -0.15) is 4.74 Å². The van der Waals surface area contributed by atoms with Gasteiger partial charge in [-0.3, -0.25) is 0 Å². The van der Waals surface area contributed by atoms with E-state index in [4.69, 9.17) is 4.74 Å². The summed E-state index contributed by atoms with van der Waals surface area (Å²) in [5, 5.41) is 0. The van der Waals surface area contributed by atoms with E-state index >= 15 is 0 Å². The molecule has 19 heavy (non-hydrogen) atoms. The average molecular weight is 280 g/mol. The fourth-order valence-electron chi connectivity index (χ4n) is 4.00. The molecular formula is C13H21BF4O. The van der Waals surface area contributed by atoms with Gasteiger partial charge in [0.05, 0.1) is 0 Å². The summed E-state index contributed by atoms with van der Waals surface area (Å²) in [6, 6.07) is 0. The topological polar surface area (TPSA) is 9.23 Å². The van der Waals surface area contributed by atoms with Gasteiger partial charge < -0.3 is 17.3 Å². The Balaban J connectivity index is 0.000000232. The van der Waals surface area contributed by atoms with Crippen molar-refractivity contribution in [3.63, 3.8) is 0 Å². The minimum absolute atomic E-state index is 0.265. The van der Waals surface area contributed by atoms with E-state index in [1.165, 1.54) is 31.8 Å². The molecule has 0 aromatic heterocycles. The van der Waals surface area contributed by atoms with E-state index in [1.54, 1.807) is 0 Å². The van der Waals surface area contributed by atoms with E-state index in [2.05, 4.69) is 20.8 Å². The minimum Gasteiger partial charge on any atom is -0.418 e. The second kappa shape index (κ2) is 4.87. The molecule has 2 aliphatic carbocycles. The third kappa shape index (κ3) is 3.39. The molecule has 2 saturated carbocycles. The lowest BCUT2D eigenvalue weighted by atomic mass is 9.74. The highest BCUT2D eigenvalue weighted by molar-refractivity contribution is 6.50. The van der Waals surface area contributed by atoms with E-state index < -0.39 is 7.25 Å². The molecule has 6 heteroatoms. The minimum atomic E-state index is -6.00. The van der Waals surface area contributed by atoms with Crippen LogP contribution in [0.15, 0.2) is 0 Å². The van der Waals surface area contributed by atoms with E-state index in [1.807, 2.05) is 0 Å². The zero-order chi connectivity index (χ0) is 14.4. The lowest BCUT2D eigenvalue weighted by molar-refractivity contribution is -0.0572. The molecule has 0 aromatic carbocycles. The Labute approximate surface area is 112 Å². The zero-order valence-electron chi connectivity index (χ0n) is 11.6. The third-order valence-corrected chi connectivity index (χ3v) is 4.49. The lowest BCUT2D eigenvalue weighted by Gasteiger charge is -2.31. The van der Waals surface area contributed by atoms with Gasteiger partial charge in [-0.05, 0) is 52.4 Å². The molecule has 0 amide bonds. The van der Waals surface area contributed by atoms with Crippen LogP contribution >= 0.6 is 0 Å². The molecule has 1 aliphatic heterocycles. The molecule has 0 aromatic rings. The lowest BCUT2D eigenvalue weighted by Crippen LogP contribution is -2.38.